The maximum Gasteiger partial charge on any atom is 0.319 e. The lowest BCUT2D eigenvalue weighted by Crippen LogP contribution is -2.33. The van der Waals surface area contributed by atoms with Crippen LogP contribution in [0.3, 0.4) is 0 Å². The fourth-order valence-electron chi connectivity index (χ4n) is 1.03. The van der Waals surface area contributed by atoms with Gasteiger partial charge in [-0.25, -0.2) is 0 Å². The molecule has 0 N–H and O–H groups in total. The van der Waals surface area contributed by atoms with Crippen molar-refractivity contribution in [1.82, 2.24) is 0 Å². The Labute approximate surface area is 73.1 Å². The van der Waals surface area contributed by atoms with Crippen LogP contribution >= 0.6 is 0 Å². The normalized spacial score (nSPS) is 10.9. The van der Waals surface area contributed by atoms with Gasteiger partial charge in [-0.3, -0.25) is 4.79 Å². The van der Waals surface area contributed by atoms with Crippen molar-refractivity contribution in [3.05, 3.63) is 0 Å². The van der Waals surface area contributed by atoms with E-state index in [1.807, 2.05) is 13.8 Å². The van der Waals surface area contributed by atoms with Gasteiger partial charge in [0.1, 0.15) is 11.7 Å². The molecule has 0 fully saturated rings. The quantitative estimate of drug-likeness (QED) is 0.359. The molecular weight excluding hydrogens is 156 g/mol. The molecule has 0 unspecified atom stereocenters. The van der Waals surface area contributed by atoms with E-state index in [1.165, 1.54) is 0 Å². The number of esters is 1. The standard InChI is InChI=1S/C9H16O3/c1-4-9(5-2,7-10)8(11)12-6-3/h7H,4-6H2,1-3H3. The number of aldehydes is 1. The Morgan fingerprint density at radius 3 is 2.08 bits per heavy atom. The molecule has 0 aromatic rings. The van der Waals surface area contributed by atoms with Crippen molar-refractivity contribution < 1.29 is 14.3 Å². The molecule has 0 aromatic heterocycles. The highest BCUT2D eigenvalue weighted by Gasteiger charge is 2.35. The smallest absolute Gasteiger partial charge is 0.319 e. The van der Waals surface area contributed by atoms with Crippen LogP contribution in [0.2, 0.25) is 0 Å². The molecule has 3 heteroatoms. The van der Waals surface area contributed by atoms with E-state index in [0.29, 0.717) is 25.7 Å². The van der Waals surface area contributed by atoms with Crippen LogP contribution in [0.4, 0.5) is 0 Å². The predicted octanol–water partition coefficient (Wildman–Crippen LogP) is 1.55. The largest absolute Gasteiger partial charge is 0.465 e. The summed E-state index contributed by atoms with van der Waals surface area (Å²) in [6.07, 6.45) is 1.71. The van der Waals surface area contributed by atoms with E-state index in [4.69, 9.17) is 4.74 Å². The minimum absolute atomic E-state index is 0.328. The molecule has 0 spiro atoms. The van der Waals surface area contributed by atoms with Crippen LogP contribution in [0.5, 0.6) is 0 Å². The molecule has 0 aromatic carbocycles. The number of rotatable bonds is 5. The van der Waals surface area contributed by atoms with Crippen molar-refractivity contribution in [3.8, 4) is 0 Å². The van der Waals surface area contributed by atoms with E-state index < -0.39 is 11.4 Å². The van der Waals surface area contributed by atoms with Crippen LogP contribution < -0.4 is 0 Å². The third kappa shape index (κ3) is 2.06. The molecule has 0 saturated carbocycles. The maximum absolute atomic E-state index is 11.3. The summed E-state index contributed by atoms with van der Waals surface area (Å²) in [6.45, 7) is 5.69. The van der Waals surface area contributed by atoms with Gasteiger partial charge in [-0.1, -0.05) is 13.8 Å². The molecule has 12 heavy (non-hydrogen) atoms. The van der Waals surface area contributed by atoms with Crippen LogP contribution in [-0.4, -0.2) is 18.9 Å². The fraction of sp³-hybridized carbons (Fsp3) is 0.778. The van der Waals surface area contributed by atoms with Gasteiger partial charge in [0.15, 0.2) is 0 Å². The molecule has 3 nitrogen and oxygen atoms in total. The number of hydrogen-bond donors (Lipinski definition) is 0. The topological polar surface area (TPSA) is 43.4 Å². The highest BCUT2D eigenvalue weighted by atomic mass is 16.5. The first kappa shape index (κ1) is 11.1. The highest BCUT2D eigenvalue weighted by molar-refractivity contribution is 5.92. The summed E-state index contributed by atoms with van der Waals surface area (Å²) in [5.74, 6) is -0.398. The van der Waals surface area contributed by atoms with Gasteiger partial charge in [0.2, 0.25) is 0 Å². The van der Waals surface area contributed by atoms with E-state index >= 15 is 0 Å². The molecule has 0 aliphatic rings. The van der Waals surface area contributed by atoms with Crippen LogP contribution in [0.1, 0.15) is 33.6 Å². The van der Waals surface area contributed by atoms with Crippen molar-refractivity contribution in [1.29, 1.82) is 0 Å². The predicted molar refractivity (Wildman–Crippen MR) is 45.7 cm³/mol. The van der Waals surface area contributed by atoms with Crippen LogP contribution in [0.25, 0.3) is 0 Å². The minimum atomic E-state index is -0.907. The Morgan fingerprint density at radius 2 is 1.83 bits per heavy atom. The third-order valence-corrected chi connectivity index (χ3v) is 2.17. The van der Waals surface area contributed by atoms with E-state index in [0.717, 1.165) is 0 Å². The molecule has 0 rings (SSSR count). The Balaban J connectivity index is 4.47. The summed E-state index contributed by atoms with van der Waals surface area (Å²) in [7, 11) is 0. The summed E-state index contributed by atoms with van der Waals surface area (Å²) in [5, 5.41) is 0. The Hall–Kier alpha value is -0.860. The monoisotopic (exact) mass is 172 g/mol. The van der Waals surface area contributed by atoms with Gasteiger partial charge in [0.25, 0.3) is 0 Å². The molecule has 0 heterocycles. The SMILES string of the molecule is CCOC(=O)C(C=O)(CC)CC. The van der Waals surface area contributed by atoms with Gasteiger partial charge in [0, 0.05) is 0 Å². The number of carbonyl (C=O) groups excluding carboxylic acids is 2. The van der Waals surface area contributed by atoms with Gasteiger partial charge in [-0.2, -0.15) is 0 Å². The Morgan fingerprint density at radius 1 is 1.33 bits per heavy atom. The molecule has 0 radical (unpaired) electrons. The zero-order valence-corrected chi connectivity index (χ0v) is 7.92. The fourth-order valence-corrected chi connectivity index (χ4v) is 1.03. The summed E-state index contributed by atoms with van der Waals surface area (Å²) in [4.78, 5) is 22.0. The lowest BCUT2D eigenvalue weighted by Gasteiger charge is -2.21. The lowest BCUT2D eigenvalue weighted by atomic mass is 9.84. The molecule has 70 valence electrons. The van der Waals surface area contributed by atoms with E-state index in [2.05, 4.69) is 0 Å². The van der Waals surface area contributed by atoms with Crippen molar-refractivity contribution in [2.75, 3.05) is 6.61 Å². The summed E-state index contributed by atoms with van der Waals surface area (Å²) in [6, 6.07) is 0. The van der Waals surface area contributed by atoms with E-state index in [9.17, 15) is 9.59 Å². The molecule has 0 bridgehead atoms. The van der Waals surface area contributed by atoms with Gasteiger partial charge in [-0.15, -0.1) is 0 Å². The van der Waals surface area contributed by atoms with Crippen molar-refractivity contribution >= 4 is 12.3 Å². The second kappa shape index (κ2) is 4.91. The van der Waals surface area contributed by atoms with E-state index in [1.54, 1.807) is 6.92 Å². The van der Waals surface area contributed by atoms with Crippen LogP contribution in [0.15, 0.2) is 0 Å². The van der Waals surface area contributed by atoms with E-state index in [-0.39, 0.29) is 0 Å². The Bertz CT molecular complexity index is 159. The zero-order valence-electron chi connectivity index (χ0n) is 7.92. The first-order valence-electron chi connectivity index (χ1n) is 4.30. The summed E-state index contributed by atoms with van der Waals surface area (Å²) >= 11 is 0. The second-order valence-electron chi connectivity index (χ2n) is 2.70. The van der Waals surface area contributed by atoms with Gasteiger partial charge < -0.3 is 9.53 Å². The van der Waals surface area contributed by atoms with Crippen molar-refractivity contribution in [2.45, 2.75) is 33.6 Å². The molecule has 0 saturated heterocycles. The first-order chi connectivity index (χ1) is 5.66. The minimum Gasteiger partial charge on any atom is -0.465 e. The highest BCUT2D eigenvalue weighted by Crippen LogP contribution is 2.24. The van der Waals surface area contributed by atoms with Gasteiger partial charge in [-0.05, 0) is 19.8 Å². The van der Waals surface area contributed by atoms with Crippen LogP contribution in [-0.2, 0) is 14.3 Å². The van der Waals surface area contributed by atoms with Gasteiger partial charge >= 0.3 is 5.97 Å². The van der Waals surface area contributed by atoms with Crippen molar-refractivity contribution in [3.63, 3.8) is 0 Å². The first-order valence-corrected chi connectivity index (χ1v) is 4.30. The molecule has 0 amide bonds. The average Bonchev–Trinajstić information content (AvgIpc) is 2.09. The Kier molecular flexibility index (Phi) is 4.55. The van der Waals surface area contributed by atoms with Crippen LogP contribution in [0, 0.1) is 5.41 Å². The summed E-state index contributed by atoms with van der Waals surface area (Å²) in [5.41, 5.74) is -0.907. The molecule has 0 atom stereocenters. The average molecular weight is 172 g/mol. The zero-order chi connectivity index (χ0) is 9.61. The third-order valence-electron chi connectivity index (χ3n) is 2.17. The maximum atomic E-state index is 11.3. The second-order valence-corrected chi connectivity index (χ2v) is 2.70. The van der Waals surface area contributed by atoms with Gasteiger partial charge in [0.05, 0.1) is 6.61 Å². The summed E-state index contributed by atoms with van der Waals surface area (Å²) < 4.78 is 4.81. The number of hydrogen-bond acceptors (Lipinski definition) is 3. The molecule has 0 aliphatic heterocycles. The number of carbonyl (C=O) groups is 2. The lowest BCUT2D eigenvalue weighted by molar-refractivity contribution is -0.157. The molecular formula is C9H16O3. The van der Waals surface area contributed by atoms with Crippen molar-refractivity contribution in [2.24, 2.45) is 5.41 Å². The molecule has 0 aliphatic carbocycles. The number of ether oxygens (including phenoxy) is 1.